The van der Waals surface area contributed by atoms with E-state index in [1.807, 2.05) is 24.3 Å². The average molecular weight is 326 g/mol. The summed E-state index contributed by atoms with van der Waals surface area (Å²) >= 11 is 0. The number of fused-ring (bicyclic) bond motifs is 2. The summed E-state index contributed by atoms with van der Waals surface area (Å²) in [5, 5.41) is 3.08. The molecule has 2 heterocycles. The molecule has 6 nitrogen and oxygen atoms in total. The van der Waals surface area contributed by atoms with E-state index in [9.17, 15) is 9.59 Å². The van der Waals surface area contributed by atoms with Gasteiger partial charge >= 0.3 is 0 Å². The number of hydrogen-bond acceptors (Lipinski definition) is 4. The topological polar surface area (TPSA) is 80.4 Å². The maximum atomic E-state index is 12.4. The molecule has 1 aromatic carbocycles. The van der Waals surface area contributed by atoms with Gasteiger partial charge in [0, 0.05) is 11.8 Å². The number of rotatable bonds is 3. The number of hydrogen-bond donors (Lipinski definition) is 2. The molecule has 0 spiro atoms. The zero-order valence-electron chi connectivity index (χ0n) is 13.1. The standard InChI is InChI=1S/C18H18N2O4/c21-17-7-5-12-13(19-17)2-1-3-14(12)20-18(22)9-11-4-6-15-16(8-11)24-10-23-15/h4-8,14H,1-3,9-10H2,(H,19,21)(H,20,22). The van der Waals surface area contributed by atoms with Crippen LogP contribution >= 0.6 is 0 Å². The van der Waals surface area contributed by atoms with Crippen molar-refractivity contribution in [1.29, 1.82) is 0 Å². The molecule has 2 aromatic rings. The molecule has 124 valence electrons. The lowest BCUT2D eigenvalue weighted by Gasteiger charge is -2.26. The molecule has 1 aliphatic carbocycles. The molecule has 24 heavy (non-hydrogen) atoms. The van der Waals surface area contributed by atoms with Crippen LogP contribution in [0.2, 0.25) is 0 Å². The van der Waals surface area contributed by atoms with Crippen molar-refractivity contribution < 1.29 is 14.3 Å². The predicted molar refractivity (Wildman–Crippen MR) is 87.2 cm³/mol. The van der Waals surface area contributed by atoms with E-state index in [0.717, 1.165) is 36.1 Å². The van der Waals surface area contributed by atoms with Crippen LogP contribution in [0.15, 0.2) is 35.1 Å². The fourth-order valence-electron chi connectivity index (χ4n) is 3.33. The number of benzene rings is 1. The minimum atomic E-state index is -0.0962. The summed E-state index contributed by atoms with van der Waals surface area (Å²) in [6.45, 7) is 0.224. The van der Waals surface area contributed by atoms with E-state index in [2.05, 4.69) is 10.3 Å². The lowest BCUT2D eigenvalue weighted by Crippen LogP contribution is -2.33. The first-order chi connectivity index (χ1) is 11.7. The molecule has 0 bridgehead atoms. The fraction of sp³-hybridized carbons (Fsp3) is 0.333. The highest BCUT2D eigenvalue weighted by Crippen LogP contribution is 2.33. The molecule has 2 aliphatic rings. The van der Waals surface area contributed by atoms with Crippen LogP contribution in [0.5, 0.6) is 11.5 Å². The second-order valence-electron chi connectivity index (χ2n) is 6.13. The molecule has 4 rings (SSSR count). The lowest BCUT2D eigenvalue weighted by molar-refractivity contribution is -0.121. The number of nitrogens with one attached hydrogen (secondary N) is 2. The molecule has 1 unspecified atom stereocenters. The Morgan fingerprint density at radius 3 is 3.00 bits per heavy atom. The molecule has 0 saturated carbocycles. The normalized spacial score (nSPS) is 18.1. The van der Waals surface area contributed by atoms with Gasteiger partial charge in [0.2, 0.25) is 18.3 Å². The van der Waals surface area contributed by atoms with Gasteiger partial charge in [0.1, 0.15) is 0 Å². The van der Waals surface area contributed by atoms with Gasteiger partial charge in [-0.1, -0.05) is 6.07 Å². The van der Waals surface area contributed by atoms with Crippen molar-refractivity contribution in [3.8, 4) is 11.5 Å². The smallest absolute Gasteiger partial charge is 0.248 e. The van der Waals surface area contributed by atoms with Crippen molar-refractivity contribution in [3.63, 3.8) is 0 Å². The van der Waals surface area contributed by atoms with Gasteiger partial charge in [-0.3, -0.25) is 9.59 Å². The first-order valence-corrected chi connectivity index (χ1v) is 8.09. The number of ether oxygens (including phenoxy) is 2. The van der Waals surface area contributed by atoms with E-state index < -0.39 is 0 Å². The molecule has 1 aliphatic heterocycles. The Bertz CT molecular complexity index is 843. The monoisotopic (exact) mass is 326 g/mol. The molecular weight excluding hydrogens is 308 g/mol. The number of amides is 1. The van der Waals surface area contributed by atoms with E-state index in [1.165, 1.54) is 6.07 Å². The quantitative estimate of drug-likeness (QED) is 0.902. The van der Waals surface area contributed by atoms with Gasteiger partial charge in [-0.25, -0.2) is 0 Å². The number of H-pyrrole nitrogens is 1. The first kappa shape index (κ1) is 14.8. The largest absolute Gasteiger partial charge is 0.454 e. The average Bonchev–Trinajstić information content (AvgIpc) is 3.02. The van der Waals surface area contributed by atoms with Crippen LogP contribution in [0.1, 0.15) is 35.7 Å². The van der Waals surface area contributed by atoms with E-state index in [1.54, 1.807) is 0 Å². The maximum Gasteiger partial charge on any atom is 0.248 e. The second kappa shape index (κ2) is 6.03. The highest BCUT2D eigenvalue weighted by atomic mass is 16.7. The number of carbonyl (C=O) groups excluding carboxylic acids is 1. The van der Waals surface area contributed by atoms with Crippen LogP contribution in [0.3, 0.4) is 0 Å². The van der Waals surface area contributed by atoms with Crippen LogP contribution in [-0.2, 0) is 17.6 Å². The third-order valence-corrected chi connectivity index (χ3v) is 4.47. The van der Waals surface area contributed by atoms with E-state index in [4.69, 9.17) is 9.47 Å². The minimum Gasteiger partial charge on any atom is -0.454 e. The Morgan fingerprint density at radius 1 is 1.21 bits per heavy atom. The molecule has 0 saturated heterocycles. The van der Waals surface area contributed by atoms with Gasteiger partial charge in [0.25, 0.3) is 0 Å². The highest BCUT2D eigenvalue weighted by molar-refractivity contribution is 5.79. The van der Waals surface area contributed by atoms with Crippen molar-refractivity contribution in [2.75, 3.05) is 6.79 Å². The molecule has 0 radical (unpaired) electrons. The Labute approximate surface area is 138 Å². The van der Waals surface area contributed by atoms with Gasteiger partial charge in [-0.15, -0.1) is 0 Å². The SMILES string of the molecule is O=C(Cc1ccc2c(c1)OCO2)NC1CCCc2[nH]c(=O)ccc21. The third-order valence-electron chi connectivity index (χ3n) is 4.47. The predicted octanol–water partition coefficient (Wildman–Crippen LogP) is 1.84. The van der Waals surface area contributed by atoms with Crippen LogP contribution in [0, 0.1) is 0 Å². The van der Waals surface area contributed by atoms with Crippen LogP contribution in [0.4, 0.5) is 0 Å². The second-order valence-corrected chi connectivity index (χ2v) is 6.13. The van der Waals surface area contributed by atoms with Crippen molar-refractivity contribution in [2.45, 2.75) is 31.7 Å². The summed E-state index contributed by atoms with van der Waals surface area (Å²) < 4.78 is 10.6. The highest BCUT2D eigenvalue weighted by Gasteiger charge is 2.23. The first-order valence-electron chi connectivity index (χ1n) is 8.09. The molecule has 6 heteroatoms. The van der Waals surface area contributed by atoms with Gasteiger partial charge in [-0.2, -0.15) is 0 Å². The molecular formula is C18H18N2O4. The summed E-state index contributed by atoms with van der Waals surface area (Å²) in [6.07, 6.45) is 2.96. The number of aryl methyl sites for hydroxylation is 1. The van der Waals surface area contributed by atoms with E-state index >= 15 is 0 Å². The Hall–Kier alpha value is -2.76. The summed E-state index contributed by atoms with van der Waals surface area (Å²) in [6, 6.07) is 8.83. The summed E-state index contributed by atoms with van der Waals surface area (Å²) in [5.41, 5.74) is 2.73. The number of aromatic nitrogens is 1. The van der Waals surface area contributed by atoms with Crippen LogP contribution in [-0.4, -0.2) is 17.7 Å². The fourth-order valence-corrected chi connectivity index (χ4v) is 3.33. The third kappa shape index (κ3) is 2.87. The molecule has 0 fully saturated rings. The molecule has 1 aromatic heterocycles. The lowest BCUT2D eigenvalue weighted by atomic mass is 9.91. The van der Waals surface area contributed by atoms with Crippen molar-refractivity contribution in [2.24, 2.45) is 0 Å². The van der Waals surface area contributed by atoms with Gasteiger partial charge in [0.15, 0.2) is 11.5 Å². The van der Waals surface area contributed by atoms with Gasteiger partial charge < -0.3 is 19.8 Å². The van der Waals surface area contributed by atoms with Gasteiger partial charge in [-0.05, 0) is 48.6 Å². The molecule has 1 amide bonds. The summed E-state index contributed by atoms with van der Waals surface area (Å²) in [5.74, 6) is 1.35. The molecule has 2 N–H and O–H groups in total. The van der Waals surface area contributed by atoms with Crippen LogP contribution < -0.4 is 20.3 Å². The summed E-state index contributed by atoms with van der Waals surface area (Å²) in [7, 11) is 0. The number of carbonyl (C=O) groups is 1. The number of aromatic amines is 1. The zero-order chi connectivity index (χ0) is 16.5. The Balaban J connectivity index is 1.46. The maximum absolute atomic E-state index is 12.4. The summed E-state index contributed by atoms with van der Waals surface area (Å²) in [4.78, 5) is 26.7. The van der Waals surface area contributed by atoms with Crippen molar-refractivity contribution in [3.05, 3.63) is 57.5 Å². The zero-order valence-corrected chi connectivity index (χ0v) is 13.1. The van der Waals surface area contributed by atoms with Crippen molar-refractivity contribution >= 4 is 5.91 Å². The van der Waals surface area contributed by atoms with Crippen molar-refractivity contribution in [1.82, 2.24) is 10.3 Å². The number of pyridine rings is 1. The van der Waals surface area contributed by atoms with Gasteiger partial charge in [0.05, 0.1) is 12.5 Å². The molecule has 1 atom stereocenters. The van der Waals surface area contributed by atoms with E-state index in [0.29, 0.717) is 11.5 Å². The Kier molecular flexibility index (Phi) is 3.72. The Morgan fingerprint density at radius 2 is 2.08 bits per heavy atom. The van der Waals surface area contributed by atoms with Crippen LogP contribution in [0.25, 0.3) is 0 Å². The minimum absolute atomic E-state index is 0.0436. The van der Waals surface area contributed by atoms with E-state index in [-0.39, 0.29) is 30.7 Å².